The molecule has 6 heteroatoms. The summed E-state index contributed by atoms with van der Waals surface area (Å²) >= 11 is 0. The van der Waals surface area contributed by atoms with Gasteiger partial charge in [0.2, 0.25) is 11.8 Å². The molecule has 2 amide bonds. The summed E-state index contributed by atoms with van der Waals surface area (Å²) in [6.45, 7) is 2.88. The van der Waals surface area contributed by atoms with Crippen molar-refractivity contribution in [3.05, 3.63) is 42.1 Å². The summed E-state index contributed by atoms with van der Waals surface area (Å²) < 4.78 is 5.58. The Morgan fingerprint density at radius 1 is 1.20 bits per heavy atom. The summed E-state index contributed by atoms with van der Waals surface area (Å²) in [6.07, 6.45) is 3.01. The van der Waals surface area contributed by atoms with Crippen LogP contribution in [-0.4, -0.2) is 42.6 Å². The van der Waals surface area contributed by atoms with E-state index in [1.807, 2.05) is 30.5 Å². The van der Waals surface area contributed by atoms with Gasteiger partial charge in [0.25, 0.3) is 0 Å². The second kappa shape index (κ2) is 8.07. The van der Waals surface area contributed by atoms with Crippen LogP contribution < -0.4 is 10.6 Å². The summed E-state index contributed by atoms with van der Waals surface area (Å²) in [6, 6.07) is 10.0. The number of nitrogens with zero attached hydrogens (tertiary/aromatic N) is 1. The fourth-order valence-electron chi connectivity index (χ4n) is 3.14. The van der Waals surface area contributed by atoms with Gasteiger partial charge >= 0.3 is 0 Å². The maximum Gasteiger partial charge on any atom is 0.239 e. The van der Waals surface area contributed by atoms with Crippen molar-refractivity contribution in [2.45, 2.75) is 25.8 Å². The Bertz CT molecular complexity index is 757. The van der Waals surface area contributed by atoms with E-state index < -0.39 is 0 Å². The van der Waals surface area contributed by atoms with Crippen LogP contribution in [-0.2, 0) is 20.7 Å². The first-order valence-corrected chi connectivity index (χ1v) is 8.63. The minimum atomic E-state index is -0.179. The molecule has 1 aliphatic heterocycles. The van der Waals surface area contributed by atoms with Crippen molar-refractivity contribution in [1.82, 2.24) is 15.6 Å². The van der Waals surface area contributed by atoms with Gasteiger partial charge in [0.05, 0.1) is 31.3 Å². The van der Waals surface area contributed by atoms with Gasteiger partial charge in [-0.2, -0.15) is 0 Å². The zero-order chi connectivity index (χ0) is 17.6. The Labute approximate surface area is 147 Å². The summed E-state index contributed by atoms with van der Waals surface area (Å²) in [5.74, 6) is -0.101. The van der Waals surface area contributed by atoms with Crippen LogP contribution in [0.5, 0.6) is 0 Å². The van der Waals surface area contributed by atoms with E-state index in [2.05, 4.69) is 21.7 Å². The fourth-order valence-corrected chi connectivity index (χ4v) is 3.14. The first kappa shape index (κ1) is 17.4. The SMILES string of the molecule is CCC(=O)NCC(=O)NC1COCC1Cc1ccnc2ccccc12. The van der Waals surface area contributed by atoms with Gasteiger partial charge in [0, 0.05) is 23.9 Å². The van der Waals surface area contributed by atoms with E-state index in [9.17, 15) is 9.59 Å². The lowest BCUT2D eigenvalue weighted by atomic mass is 9.93. The highest BCUT2D eigenvalue weighted by Crippen LogP contribution is 2.24. The van der Waals surface area contributed by atoms with Crippen LogP contribution in [0.3, 0.4) is 0 Å². The standard InChI is InChI=1S/C19H23N3O3/c1-2-18(23)21-10-19(24)22-17-12-25-11-14(17)9-13-7-8-20-16-6-4-3-5-15(13)16/h3-8,14,17H,2,9-12H2,1H3,(H,21,23)(H,22,24). The Morgan fingerprint density at radius 3 is 2.88 bits per heavy atom. The van der Waals surface area contributed by atoms with Crippen LogP contribution in [0.1, 0.15) is 18.9 Å². The number of hydrogen-bond acceptors (Lipinski definition) is 4. The van der Waals surface area contributed by atoms with E-state index in [1.54, 1.807) is 6.92 Å². The summed E-state index contributed by atoms with van der Waals surface area (Å²) in [4.78, 5) is 27.7. The zero-order valence-corrected chi connectivity index (χ0v) is 14.3. The maximum absolute atomic E-state index is 12.0. The third kappa shape index (κ3) is 4.33. The van der Waals surface area contributed by atoms with E-state index in [0.717, 1.165) is 17.3 Å². The van der Waals surface area contributed by atoms with Crippen LogP contribution >= 0.6 is 0 Å². The Kier molecular flexibility index (Phi) is 5.60. The predicted molar refractivity (Wildman–Crippen MR) is 95.0 cm³/mol. The predicted octanol–water partition coefficient (Wildman–Crippen LogP) is 1.43. The van der Waals surface area contributed by atoms with Crippen molar-refractivity contribution in [3.63, 3.8) is 0 Å². The molecule has 2 atom stereocenters. The molecule has 1 aromatic carbocycles. The molecule has 2 N–H and O–H groups in total. The molecule has 25 heavy (non-hydrogen) atoms. The molecule has 0 bridgehead atoms. The number of pyridine rings is 1. The fraction of sp³-hybridized carbons (Fsp3) is 0.421. The molecule has 1 fully saturated rings. The van der Waals surface area contributed by atoms with Crippen LogP contribution in [0.15, 0.2) is 36.5 Å². The number of carbonyl (C=O) groups excluding carboxylic acids is 2. The molecule has 3 rings (SSSR count). The van der Waals surface area contributed by atoms with E-state index in [-0.39, 0.29) is 30.3 Å². The lowest BCUT2D eigenvalue weighted by Crippen LogP contribution is -2.45. The average molecular weight is 341 g/mol. The van der Waals surface area contributed by atoms with Gasteiger partial charge in [-0.15, -0.1) is 0 Å². The van der Waals surface area contributed by atoms with Crippen LogP contribution in [0.25, 0.3) is 10.9 Å². The van der Waals surface area contributed by atoms with Crippen LogP contribution in [0.2, 0.25) is 0 Å². The molecule has 0 radical (unpaired) electrons. The van der Waals surface area contributed by atoms with Crippen molar-refractivity contribution >= 4 is 22.7 Å². The number of carbonyl (C=O) groups is 2. The van der Waals surface area contributed by atoms with Gasteiger partial charge in [0.1, 0.15) is 0 Å². The van der Waals surface area contributed by atoms with Gasteiger partial charge in [-0.3, -0.25) is 14.6 Å². The third-order valence-corrected chi connectivity index (χ3v) is 4.53. The number of nitrogens with one attached hydrogen (secondary N) is 2. The van der Waals surface area contributed by atoms with Crippen LogP contribution in [0, 0.1) is 5.92 Å². The first-order valence-electron chi connectivity index (χ1n) is 8.63. The minimum absolute atomic E-state index is 0.00802. The van der Waals surface area contributed by atoms with Crippen molar-refractivity contribution < 1.29 is 14.3 Å². The second-order valence-corrected chi connectivity index (χ2v) is 6.29. The molecule has 132 valence electrons. The van der Waals surface area contributed by atoms with Crippen molar-refractivity contribution in [3.8, 4) is 0 Å². The largest absolute Gasteiger partial charge is 0.379 e. The number of hydrogen-bond donors (Lipinski definition) is 2. The molecular weight excluding hydrogens is 318 g/mol. The monoisotopic (exact) mass is 341 g/mol. The van der Waals surface area contributed by atoms with E-state index in [1.165, 1.54) is 5.56 Å². The van der Waals surface area contributed by atoms with Gasteiger partial charge in [0.15, 0.2) is 0 Å². The maximum atomic E-state index is 12.0. The molecule has 1 saturated heterocycles. The highest BCUT2D eigenvalue weighted by atomic mass is 16.5. The molecule has 2 unspecified atom stereocenters. The number of para-hydroxylation sites is 1. The number of fused-ring (bicyclic) bond motifs is 1. The molecule has 6 nitrogen and oxygen atoms in total. The molecule has 0 saturated carbocycles. The minimum Gasteiger partial charge on any atom is -0.379 e. The molecule has 2 aromatic rings. The molecular formula is C19H23N3O3. The number of ether oxygens (including phenoxy) is 1. The Balaban J connectivity index is 1.63. The number of amides is 2. The number of rotatable bonds is 6. The quantitative estimate of drug-likeness (QED) is 0.833. The summed E-state index contributed by atoms with van der Waals surface area (Å²) in [5.41, 5.74) is 2.18. The smallest absolute Gasteiger partial charge is 0.239 e. The van der Waals surface area contributed by atoms with Gasteiger partial charge in [-0.1, -0.05) is 25.1 Å². The Hall–Kier alpha value is -2.47. The van der Waals surface area contributed by atoms with E-state index in [4.69, 9.17) is 4.74 Å². The Morgan fingerprint density at radius 2 is 2.04 bits per heavy atom. The molecule has 1 aromatic heterocycles. The summed E-state index contributed by atoms with van der Waals surface area (Å²) in [7, 11) is 0. The topological polar surface area (TPSA) is 80.3 Å². The molecule has 2 heterocycles. The van der Waals surface area contributed by atoms with Crippen molar-refractivity contribution in [2.75, 3.05) is 19.8 Å². The lowest BCUT2D eigenvalue weighted by Gasteiger charge is -2.20. The number of aromatic nitrogens is 1. The third-order valence-electron chi connectivity index (χ3n) is 4.53. The van der Waals surface area contributed by atoms with Crippen LogP contribution in [0.4, 0.5) is 0 Å². The van der Waals surface area contributed by atoms with E-state index in [0.29, 0.717) is 19.6 Å². The average Bonchev–Trinajstić information content (AvgIpc) is 3.06. The highest BCUT2D eigenvalue weighted by molar-refractivity contribution is 5.84. The van der Waals surface area contributed by atoms with Crippen molar-refractivity contribution in [2.24, 2.45) is 5.92 Å². The van der Waals surface area contributed by atoms with E-state index >= 15 is 0 Å². The van der Waals surface area contributed by atoms with Gasteiger partial charge < -0.3 is 15.4 Å². The molecule has 1 aliphatic rings. The normalized spacial score (nSPS) is 19.7. The van der Waals surface area contributed by atoms with Crippen molar-refractivity contribution in [1.29, 1.82) is 0 Å². The lowest BCUT2D eigenvalue weighted by molar-refractivity contribution is -0.126. The highest BCUT2D eigenvalue weighted by Gasteiger charge is 2.30. The summed E-state index contributed by atoms with van der Waals surface area (Å²) in [5, 5.41) is 6.71. The van der Waals surface area contributed by atoms with Gasteiger partial charge in [-0.25, -0.2) is 0 Å². The first-order chi connectivity index (χ1) is 12.2. The molecule has 0 aliphatic carbocycles. The van der Waals surface area contributed by atoms with Gasteiger partial charge in [-0.05, 0) is 24.1 Å². The second-order valence-electron chi connectivity index (χ2n) is 6.29. The molecule has 0 spiro atoms. The number of benzene rings is 1. The zero-order valence-electron chi connectivity index (χ0n) is 14.3.